The van der Waals surface area contributed by atoms with Gasteiger partial charge in [0.2, 0.25) is 0 Å². The van der Waals surface area contributed by atoms with E-state index in [9.17, 15) is 0 Å². The third-order valence-electron chi connectivity index (χ3n) is 3.86. The molecule has 2 aliphatic heterocycles. The molecule has 2 N–H and O–H groups in total. The van der Waals surface area contributed by atoms with Crippen LogP contribution in [0.3, 0.4) is 0 Å². The van der Waals surface area contributed by atoms with Gasteiger partial charge in [0.25, 0.3) is 0 Å². The van der Waals surface area contributed by atoms with E-state index in [4.69, 9.17) is 15.2 Å². The van der Waals surface area contributed by atoms with Crippen LogP contribution in [0.15, 0.2) is 0 Å². The second-order valence-electron chi connectivity index (χ2n) is 4.78. The van der Waals surface area contributed by atoms with E-state index in [1.807, 2.05) is 0 Å². The first kappa shape index (κ1) is 12.3. The Labute approximate surface area is 98.1 Å². The van der Waals surface area contributed by atoms with Gasteiger partial charge in [0.15, 0.2) is 5.79 Å². The number of hydrogen-bond donors (Lipinski definition) is 1. The summed E-state index contributed by atoms with van der Waals surface area (Å²) >= 11 is 0. The standard InChI is InChI=1S/C12H24N2O2/c1-2-11(3-6-13)14-7-4-12(5-8-14)15-9-10-16-12/h11H,2-10,13H2,1H3. The summed E-state index contributed by atoms with van der Waals surface area (Å²) in [6, 6.07) is 0.642. The van der Waals surface area contributed by atoms with Crippen molar-refractivity contribution in [2.75, 3.05) is 32.8 Å². The molecule has 0 aliphatic carbocycles. The highest BCUT2D eigenvalue weighted by Crippen LogP contribution is 2.32. The van der Waals surface area contributed by atoms with Crippen molar-refractivity contribution in [2.45, 2.75) is 44.4 Å². The zero-order valence-corrected chi connectivity index (χ0v) is 10.3. The predicted octanol–water partition coefficient (Wildman–Crippen LogP) is 0.953. The van der Waals surface area contributed by atoms with Gasteiger partial charge in [0.1, 0.15) is 0 Å². The van der Waals surface area contributed by atoms with E-state index in [1.54, 1.807) is 0 Å². The van der Waals surface area contributed by atoms with Crippen molar-refractivity contribution in [3.8, 4) is 0 Å². The summed E-state index contributed by atoms with van der Waals surface area (Å²) in [5.41, 5.74) is 5.65. The number of ether oxygens (including phenoxy) is 2. The molecule has 2 heterocycles. The molecule has 16 heavy (non-hydrogen) atoms. The number of nitrogens with zero attached hydrogens (tertiary/aromatic N) is 1. The van der Waals surface area contributed by atoms with E-state index in [2.05, 4.69) is 11.8 Å². The maximum absolute atomic E-state index is 5.73. The van der Waals surface area contributed by atoms with E-state index in [1.165, 1.54) is 6.42 Å². The molecule has 2 fully saturated rings. The molecule has 1 spiro atoms. The van der Waals surface area contributed by atoms with Crippen molar-refractivity contribution in [1.29, 1.82) is 0 Å². The Hall–Kier alpha value is -0.160. The van der Waals surface area contributed by atoms with Crippen LogP contribution in [-0.2, 0) is 9.47 Å². The van der Waals surface area contributed by atoms with Crippen LogP contribution in [0.5, 0.6) is 0 Å². The molecule has 1 unspecified atom stereocenters. The number of nitrogens with two attached hydrogens (primary N) is 1. The van der Waals surface area contributed by atoms with Crippen molar-refractivity contribution in [3.05, 3.63) is 0 Å². The van der Waals surface area contributed by atoms with Gasteiger partial charge < -0.3 is 15.2 Å². The van der Waals surface area contributed by atoms with Crippen LogP contribution in [0.25, 0.3) is 0 Å². The van der Waals surface area contributed by atoms with Crippen molar-refractivity contribution < 1.29 is 9.47 Å². The Morgan fingerprint density at radius 2 is 1.88 bits per heavy atom. The number of hydrogen-bond acceptors (Lipinski definition) is 4. The fourth-order valence-corrected chi connectivity index (χ4v) is 2.85. The van der Waals surface area contributed by atoms with Gasteiger partial charge in [-0.25, -0.2) is 0 Å². The van der Waals surface area contributed by atoms with Crippen LogP contribution >= 0.6 is 0 Å². The molecule has 4 nitrogen and oxygen atoms in total. The summed E-state index contributed by atoms with van der Waals surface area (Å²) in [6.07, 6.45) is 4.30. The molecule has 0 saturated carbocycles. The molecule has 0 bridgehead atoms. The van der Waals surface area contributed by atoms with Crippen LogP contribution < -0.4 is 5.73 Å². The highest BCUT2D eigenvalue weighted by Gasteiger charge is 2.40. The topological polar surface area (TPSA) is 47.7 Å². The van der Waals surface area contributed by atoms with Crippen LogP contribution in [0.2, 0.25) is 0 Å². The fraction of sp³-hybridized carbons (Fsp3) is 1.00. The Bertz CT molecular complexity index is 207. The first-order valence-electron chi connectivity index (χ1n) is 6.52. The van der Waals surface area contributed by atoms with E-state index in [0.717, 1.165) is 52.1 Å². The lowest BCUT2D eigenvalue weighted by Crippen LogP contribution is -2.49. The summed E-state index contributed by atoms with van der Waals surface area (Å²) in [6.45, 7) is 6.72. The van der Waals surface area contributed by atoms with Crippen LogP contribution in [0.4, 0.5) is 0 Å². The van der Waals surface area contributed by atoms with Gasteiger partial charge in [-0.1, -0.05) is 6.92 Å². The summed E-state index contributed by atoms with van der Waals surface area (Å²) in [4.78, 5) is 2.54. The number of likely N-dealkylation sites (tertiary alicyclic amines) is 1. The average Bonchev–Trinajstić information content (AvgIpc) is 2.76. The maximum atomic E-state index is 5.73. The molecular formula is C12H24N2O2. The minimum atomic E-state index is -0.239. The smallest absolute Gasteiger partial charge is 0.170 e. The molecule has 2 aliphatic rings. The summed E-state index contributed by atoms with van der Waals surface area (Å²) in [5, 5.41) is 0. The molecule has 0 aromatic rings. The van der Waals surface area contributed by atoms with Crippen molar-refractivity contribution in [2.24, 2.45) is 5.73 Å². The zero-order chi connectivity index (χ0) is 11.4. The Kier molecular flexibility index (Phi) is 4.19. The lowest BCUT2D eigenvalue weighted by atomic mass is 9.99. The SMILES string of the molecule is CCC(CCN)N1CCC2(CC1)OCCO2. The molecule has 0 radical (unpaired) electrons. The Balaban J connectivity index is 1.83. The Morgan fingerprint density at radius 3 is 2.38 bits per heavy atom. The first-order valence-corrected chi connectivity index (χ1v) is 6.52. The molecule has 2 rings (SSSR count). The van der Waals surface area contributed by atoms with Gasteiger partial charge in [-0.05, 0) is 19.4 Å². The Morgan fingerprint density at radius 1 is 1.25 bits per heavy atom. The van der Waals surface area contributed by atoms with Crippen molar-refractivity contribution >= 4 is 0 Å². The van der Waals surface area contributed by atoms with Crippen LogP contribution in [0.1, 0.15) is 32.6 Å². The molecule has 0 aromatic carbocycles. The van der Waals surface area contributed by atoms with Gasteiger partial charge in [0, 0.05) is 32.0 Å². The summed E-state index contributed by atoms with van der Waals surface area (Å²) in [7, 11) is 0. The largest absolute Gasteiger partial charge is 0.347 e. The lowest BCUT2D eigenvalue weighted by molar-refractivity contribution is -0.188. The summed E-state index contributed by atoms with van der Waals surface area (Å²) in [5.74, 6) is -0.239. The van der Waals surface area contributed by atoms with Crippen LogP contribution in [0, 0.1) is 0 Å². The van der Waals surface area contributed by atoms with Gasteiger partial charge in [-0.2, -0.15) is 0 Å². The van der Waals surface area contributed by atoms with E-state index in [-0.39, 0.29) is 5.79 Å². The van der Waals surface area contributed by atoms with E-state index < -0.39 is 0 Å². The van der Waals surface area contributed by atoms with Crippen LogP contribution in [-0.4, -0.2) is 49.6 Å². The monoisotopic (exact) mass is 228 g/mol. The molecule has 0 aromatic heterocycles. The van der Waals surface area contributed by atoms with Gasteiger partial charge in [-0.3, -0.25) is 4.90 Å². The molecule has 0 amide bonds. The maximum Gasteiger partial charge on any atom is 0.170 e. The van der Waals surface area contributed by atoms with Crippen molar-refractivity contribution in [3.63, 3.8) is 0 Å². The highest BCUT2D eigenvalue weighted by atomic mass is 16.7. The normalized spacial score (nSPS) is 27.4. The fourth-order valence-electron chi connectivity index (χ4n) is 2.85. The van der Waals surface area contributed by atoms with Gasteiger partial charge >= 0.3 is 0 Å². The third-order valence-corrected chi connectivity index (χ3v) is 3.86. The summed E-state index contributed by atoms with van der Waals surface area (Å²) < 4.78 is 11.5. The van der Waals surface area contributed by atoms with E-state index in [0.29, 0.717) is 6.04 Å². The number of piperidine rings is 1. The minimum absolute atomic E-state index is 0.239. The minimum Gasteiger partial charge on any atom is -0.347 e. The molecular weight excluding hydrogens is 204 g/mol. The molecule has 94 valence electrons. The average molecular weight is 228 g/mol. The molecule has 2 saturated heterocycles. The van der Waals surface area contributed by atoms with E-state index >= 15 is 0 Å². The predicted molar refractivity (Wildman–Crippen MR) is 63.2 cm³/mol. The zero-order valence-electron chi connectivity index (χ0n) is 10.3. The highest BCUT2D eigenvalue weighted by molar-refractivity contribution is 4.85. The lowest BCUT2D eigenvalue weighted by Gasteiger charge is -2.41. The molecule has 1 atom stereocenters. The number of rotatable bonds is 4. The van der Waals surface area contributed by atoms with Gasteiger partial charge in [0.05, 0.1) is 13.2 Å². The van der Waals surface area contributed by atoms with Gasteiger partial charge in [-0.15, -0.1) is 0 Å². The second kappa shape index (κ2) is 5.45. The quantitative estimate of drug-likeness (QED) is 0.778. The third kappa shape index (κ3) is 2.56. The molecule has 4 heteroatoms. The first-order chi connectivity index (χ1) is 7.79. The van der Waals surface area contributed by atoms with Crippen molar-refractivity contribution in [1.82, 2.24) is 4.90 Å². The second-order valence-corrected chi connectivity index (χ2v) is 4.78.